The lowest BCUT2D eigenvalue weighted by molar-refractivity contribution is -0.144. The Balaban J connectivity index is 3.84. The third-order valence-electron chi connectivity index (χ3n) is 0.959. The van der Waals surface area contributed by atoms with E-state index in [9.17, 15) is 18.0 Å². The maximum Gasteiger partial charge on any atom is 0.448 e. The Labute approximate surface area is 74.6 Å². The fourth-order valence-electron chi connectivity index (χ4n) is 0.465. The van der Waals surface area contributed by atoms with Crippen LogP contribution in [0.3, 0.4) is 0 Å². The van der Waals surface area contributed by atoms with E-state index in [1.165, 1.54) is 0 Å². The van der Waals surface area contributed by atoms with E-state index >= 15 is 0 Å². The lowest BCUT2D eigenvalue weighted by Crippen LogP contribution is -2.13. The van der Waals surface area contributed by atoms with Gasteiger partial charge in [-0.3, -0.25) is 14.1 Å². The van der Waals surface area contributed by atoms with Gasteiger partial charge in [0, 0.05) is 0 Å². The Morgan fingerprint density at radius 1 is 1.23 bits per heavy atom. The quantitative estimate of drug-likeness (QED) is 0.484. The molecule has 0 aromatic carbocycles. The summed E-state index contributed by atoms with van der Waals surface area (Å²) in [6.07, 6.45) is -0.767. The minimum atomic E-state index is -4.78. The predicted molar refractivity (Wildman–Crippen MR) is 38.9 cm³/mol. The first-order valence-corrected chi connectivity index (χ1v) is 4.48. The SMILES string of the molecule is COC(=O)CCC(=O)OS(=O)(=O)O. The molecule has 0 aromatic heterocycles. The monoisotopic (exact) mass is 212 g/mol. The van der Waals surface area contributed by atoms with Gasteiger partial charge in [0.25, 0.3) is 0 Å². The molecule has 0 spiro atoms. The van der Waals surface area contributed by atoms with E-state index in [0.29, 0.717) is 0 Å². The van der Waals surface area contributed by atoms with Gasteiger partial charge in [0.1, 0.15) is 0 Å². The molecule has 0 atom stereocenters. The first kappa shape index (κ1) is 11.8. The number of carbonyl (C=O) groups excluding carboxylic acids is 2. The van der Waals surface area contributed by atoms with Crippen molar-refractivity contribution in [3.63, 3.8) is 0 Å². The van der Waals surface area contributed by atoms with Crippen molar-refractivity contribution >= 4 is 22.3 Å². The van der Waals surface area contributed by atoms with E-state index in [2.05, 4.69) is 8.92 Å². The summed E-state index contributed by atoms with van der Waals surface area (Å²) in [5.74, 6) is -1.89. The number of methoxy groups -OCH3 is 1. The van der Waals surface area contributed by atoms with Crippen LogP contribution >= 0.6 is 0 Å². The van der Waals surface area contributed by atoms with E-state index in [0.717, 1.165) is 7.11 Å². The molecule has 7 nitrogen and oxygen atoms in total. The Morgan fingerprint density at radius 2 is 1.69 bits per heavy atom. The number of hydrogen-bond donors (Lipinski definition) is 1. The van der Waals surface area contributed by atoms with Crippen molar-refractivity contribution in [1.82, 2.24) is 0 Å². The molecule has 0 unspecified atom stereocenters. The van der Waals surface area contributed by atoms with Crippen LogP contribution in [0.4, 0.5) is 0 Å². The maximum atomic E-state index is 10.5. The van der Waals surface area contributed by atoms with Crippen LogP contribution in [0, 0.1) is 0 Å². The Bertz CT molecular complexity index is 290. The molecular weight excluding hydrogens is 204 g/mol. The molecule has 0 saturated heterocycles. The van der Waals surface area contributed by atoms with Gasteiger partial charge in [0.2, 0.25) is 0 Å². The molecule has 13 heavy (non-hydrogen) atoms. The van der Waals surface area contributed by atoms with E-state index in [1.54, 1.807) is 0 Å². The molecule has 0 aliphatic heterocycles. The van der Waals surface area contributed by atoms with Crippen LogP contribution in [0.2, 0.25) is 0 Å². The van der Waals surface area contributed by atoms with Crippen molar-refractivity contribution in [3.05, 3.63) is 0 Å². The summed E-state index contributed by atoms with van der Waals surface area (Å²) in [4.78, 5) is 20.9. The highest BCUT2D eigenvalue weighted by Gasteiger charge is 2.14. The smallest absolute Gasteiger partial charge is 0.448 e. The lowest BCUT2D eigenvalue weighted by Gasteiger charge is -1.98. The second kappa shape index (κ2) is 4.77. The largest absolute Gasteiger partial charge is 0.469 e. The molecule has 0 amide bonds. The van der Waals surface area contributed by atoms with Gasteiger partial charge in [-0.1, -0.05) is 0 Å². The van der Waals surface area contributed by atoms with E-state index in [-0.39, 0.29) is 6.42 Å². The average molecular weight is 212 g/mol. The van der Waals surface area contributed by atoms with E-state index < -0.39 is 28.8 Å². The van der Waals surface area contributed by atoms with Gasteiger partial charge in [-0.15, -0.1) is 0 Å². The molecule has 0 aliphatic carbocycles. The molecule has 0 heterocycles. The highest BCUT2D eigenvalue weighted by molar-refractivity contribution is 7.81. The molecule has 1 N–H and O–H groups in total. The molecule has 0 fully saturated rings. The predicted octanol–water partition coefficient (Wildman–Crippen LogP) is -0.714. The molecular formula is C5H8O7S. The normalized spacial score (nSPS) is 10.6. The zero-order valence-corrected chi connectivity index (χ0v) is 7.54. The van der Waals surface area contributed by atoms with Crippen LogP contribution in [0.25, 0.3) is 0 Å². The van der Waals surface area contributed by atoms with Crippen molar-refractivity contribution in [3.8, 4) is 0 Å². The minimum absolute atomic E-state index is 0.301. The van der Waals surface area contributed by atoms with Gasteiger partial charge in [0.05, 0.1) is 20.0 Å². The highest BCUT2D eigenvalue weighted by Crippen LogP contribution is 1.97. The number of hydrogen-bond acceptors (Lipinski definition) is 6. The third kappa shape index (κ3) is 7.22. The van der Waals surface area contributed by atoms with Gasteiger partial charge in [-0.2, -0.15) is 8.42 Å². The molecule has 8 heteroatoms. The average Bonchev–Trinajstić information content (AvgIpc) is 1.97. The number of rotatable bonds is 4. The summed E-state index contributed by atoms with van der Waals surface area (Å²) in [5.41, 5.74) is 0. The molecule has 0 radical (unpaired) electrons. The highest BCUT2D eigenvalue weighted by atomic mass is 32.3. The summed E-state index contributed by atoms with van der Waals surface area (Å²) >= 11 is 0. The molecule has 76 valence electrons. The second-order valence-corrected chi connectivity index (χ2v) is 2.98. The Kier molecular flexibility index (Phi) is 4.35. The van der Waals surface area contributed by atoms with Gasteiger partial charge in [0.15, 0.2) is 0 Å². The Hall–Kier alpha value is -1.15. The topological polar surface area (TPSA) is 107 Å². The van der Waals surface area contributed by atoms with Crippen molar-refractivity contribution < 1.29 is 31.5 Å². The van der Waals surface area contributed by atoms with Gasteiger partial charge in [-0.05, 0) is 0 Å². The van der Waals surface area contributed by atoms with Crippen LogP contribution in [0.1, 0.15) is 12.8 Å². The van der Waals surface area contributed by atoms with E-state index in [1.807, 2.05) is 0 Å². The number of ether oxygens (including phenoxy) is 1. The number of carbonyl (C=O) groups is 2. The fourth-order valence-corrected chi connectivity index (χ4v) is 0.784. The standard InChI is InChI=1S/C5H8O7S/c1-11-4(6)2-3-5(7)12-13(8,9)10/h2-3H2,1H3,(H,8,9,10). The van der Waals surface area contributed by atoms with Gasteiger partial charge >= 0.3 is 22.3 Å². The van der Waals surface area contributed by atoms with Crippen molar-refractivity contribution in [2.24, 2.45) is 0 Å². The lowest BCUT2D eigenvalue weighted by atomic mass is 10.3. The summed E-state index contributed by atoms with van der Waals surface area (Å²) < 4.78 is 35.6. The van der Waals surface area contributed by atoms with E-state index in [4.69, 9.17) is 4.55 Å². The van der Waals surface area contributed by atoms with Crippen LogP contribution < -0.4 is 0 Å². The fraction of sp³-hybridized carbons (Fsp3) is 0.600. The minimum Gasteiger partial charge on any atom is -0.469 e. The van der Waals surface area contributed by atoms with Crippen LogP contribution in [-0.2, 0) is 28.9 Å². The van der Waals surface area contributed by atoms with Gasteiger partial charge < -0.3 is 8.92 Å². The molecule has 0 saturated carbocycles. The van der Waals surface area contributed by atoms with Crippen molar-refractivity contribution in [1.29, 1.82) is 0 Å². The summed E-state index contributed by atoms with van der Waals surface area (Å²) in [5, 5.41) is 0. The summed E-state index contributed by atoms with van der Waals surface area (Å²) in [6.45, 7) is 0. The second-order valence-electron chi connectivity index (χ2n) is 1.96. The molecule has 0 aromatic rings. The maximum absolute atomic E-state index is 10.5. The van der Waals surface area contributed by atoms with Gasteiger partial charge in [-0.25, -0.2) is 0 Å². The number of esters is 1. The molecule has 0 aliphatic rings. The summed E-state index contributed by atoms with van der Waals surface area (Å²) in [6, 6.07) is 0. The van der Waals surface area contributed by atoms with Crippen LogP contribution in [0.15, 0.2) is 0 Å². The third-order valence-corrected chi connectivity index (χ3v) is 1.36. The molecule has 0 bridgehead atoms. The Morgan fingerprint density at radius 3 is 2.08 bits per heavy atom. The van der Waals surface area contributed by atoms with Crippen molar-refractivity contribution in [2.75, 3.05) is 7.11 Å². The zero-order valence-electron chi connectivity index (χ0n) is 6.72. The zero-order chi connectivity index (χ0) is 10.5. The first-order chi connectivity index (χ1) is 5.85. The first-order valence-electron chi connectivity index (χ1n) is 3.11. The summed E-state index contributed by atoms with van der Waals surface area (Å²) in [7, 11) is -3.66. The van der Waals surface area contributed by atoms with Crippen LogP contribution in [-0.4, -0.2) is 32.0 Å². The molecule has 0 rings (SSSR count). The van der Waals surface area contributed by atoms with Crippen molar-refractivity contribution in [2.45, 2.75) is 12.8 Å². The van der Waals surface area contributed by atoms with Crippen LogP contribution in [0.5, 0.6) is 0 Å².